The second-order valence-electron chi connectivity index (χ2n) is 8.07. The predicted octanol–water partition coefficient (Wildman–Crippen LogP) is 1.78. The number of ether oxygens (including phenoxy) is 2. The highest BCUT2D eigenvalue weighted by atomic mass is 16.7. The van der Waals surface area contributed by atoms with Gasteiger partial charge in [-0.3, -0.25) is 14.3 Å². The van der Waals surface area contributed by atoms with Crippen LogP contribution in [0.15, 0.2) is 47.6 Å². The molecule has 0 spiro atoms. The number of benzene rings is 1. The third-order valence-corrected chi connectivity index (χ3v) is 5.97. The quantitative estimate of drug-likeness (QED) is 0.359. The van der Waals surface area contributed by atoms with E-state index in [9.17, 15) is 0 Å². The average Bonchev–Trinajstić information content (AvgIpc) is 3.47. The largest absolute Gasteiger partial charge is 0.454 e. The Morgan fingerprint density at radius 3 is 2.81 bits per heavy atom. The van der Waals surface area contributed by atoms with Crippen LogP contribution in [0.5, 0.6) is 11.5 Å². The van der Waals surface area contributed by atoms with Gasteiger partial charge in [0, 0.05) is 58.9 Å². The molecule has 2 aliphatic rings. The maximum Gasteiger partial charge on any atom is 0.231 e. The van der Waals surface area contributed by atoms with Crippen molar-refractivity contribution in [3.05, 3.63) is 54.0 Å². The molecule has 0 amide bonds. The molecule has 0 saturated carbocycles. The van der Waals surface area contributed by atoms with Crippen LogP contribution in [-0.4, -0.2) is 76.9 Å². The van der Waals surface area contributed by atoms with E-state index in [0.29, 0.717) is 6.79 Å². The topological polar surface area (TPSA) is 79.5 Å². The molecule has 1 N–H and O–H groups in total. The maximum absolute atomic E-state index is 5.50. The van der Waals surface area contributed by atoms with Crippen molar-refractivity contribution < 1.29 is 9.47 Å². The molecule has 1 saturated heterocycles. The fourth-order valence-corrected chi connectivity index (χ4v) is 4.26. The number of rotatable bonds is 6. The van der Waals surface area contributed by atoms with Gasteiger partial charge >= 0.3 is 0 Å². The maximum atomic E-state index is 5.50. The minimum atomic E-state index is 0.319. The summed E-state index contributed by atoms with van der Waals surface area (Å²) in [6.45, 7) is 6.01. The number of aliphatic imine (C=N–C) groups is 1. The first-order valence-corrected chi connectivity index (χ1v) is 11.2. The van der Waals surface area contributed by atoms with Gasteiger partial charge in [0.05, 0.1) is 0 Å². The number of pyridine rings is 1. The average molecular weight is 436 g/mol. The summed E-state index contributed by atoms with van der Waals surface area (Å²) < 4.78 is 13.0. The van der Waals surface area contributed by atoms with E-state index in [2.05, 4.69) is 42.4 Å². The second kappa shape index (κ2) is 9.44. The fourth-order valence-electron chi connectivity index (χ4n) is 4.26. The monoisotopic (exact) mass is 435 g/mol. The zero-order valence-corrected chi connectivity index (χ0v) is 18.4. The van der Waals surface area contributed by atoms with E-state index in [4.69, 9.17) is 9.47 Å². The Balaban J connectivity index is 1.06. The molecule has 2 aromatic heterocycles. The van der Waals surface area contributed by atoms with Gasteiger partial charge < -0.3 is 19.7 Å². The SMILES string of the molecule is CN=C(NCCCc1nnc2ccccn12)N1CCN(Cc2ccc3c(c2)OCO3)CC1. The summed E-state index contributed by atoms with van der Waals surface area (Å²) in [6.07, 6.45) is 3.86. The van der Waals surface area contributed by atoms with Crippen LogP contribution in [-0.2, 0) is 13.0 Å². The van der Waals surface area contributed by atoms with Crippen LogP contribution < -0.4 is 14.8 Å². The van der Waals surface area contributed by atoms with Gasteiger partial charge in [0.1, 0.15) is 5.82 Å². The summed E-state index contributed by atoms with van der Waals surface area (Å²) in [4.78, 5) is 9.30. The minimum absolute atomic E-state index is 0.319. The lowest BCUT2D eigenvalue weighted by atomic mass is 10.1. The first-order chi connectivity index (χ1) is 15.8. The molecule has 0 aliphatic carbocycles. The molecular weight excluding hydrogens is 406 g/mol. The molecule has 0 radical (unpaired) electrons. The van der Waals surface area contributed by atoms with Crippen LogP contribution in [0.2, 0.25) is 0 Å². The molecule has 5 rings (SSSR count). The molecular formula is C23H29N7O2. The summed E-state index contributed by atoms with van der Waals surface area (Å²) >= 11 is 0. The van der Waals surface area contributed by atoms with Crippen molar-refractivity contribution in [2.75, 3.05) is 46.6 Å². The van der Waals surface area contributed by atoms with Gasteiger partial charge in [-0.15, -0.1) is 10.2 Å². The number of aryl methyl sites for hydroxylation is 1. The molecule has 0 atom stereocenters. The fraction of sp³-hybridized carbons (Fsp3) is 0.435. The highest BCUT2D eigenvalue weighted by Crippen LogP contribution is 2.32. The Hall–Kier alpha value is -3.33. The van der Waals surface area contributed by atoms with Crippen LogP contribution in [0.3, 0.4) is 0 Å². The van der Waals surface area contributed by atoms with Crippen molar-refractivity contribution >= 4 is 11.6 Å². The molecule has 4 heterocycles. The third kappa shape index (κ3) is 4.47. The molecule has 9 heteroatoms. The first-order valence-electron chi connectivity index (χ1n) is 11.2. The number of aromatic nitrogens is 3. The number of fused-ring (bicyclic) bond motifs is 2. The lowest BCUT2D eigenvalue weighted by Gasteiger charge is -2.36. The number of guanidine groups is 1. The number of piperazine rings is 1. The summed E-state index contributed by atoms with van der Waals surface area (Å²) in [5.41, 5.74) is 2.15. The smallest absolute Gasteiger partial charge is 0.231 e. The van der Waals surface area contributed by atoms with E-state index >= 15 is 0 Å². The van der Waals surface area contributed by atoms with Crippen molar-refractivity contribution in [3.63, 3.8) is 0 Å². The minimum Gasteiger partial charge on any atom is -0.454 e. The van der Waals surface area contributed by atoms with Crippen molar-refractivity contribution in [2.24, 2.45) is 4.99 Å². The second-order valence-corrected chi connectivity index (χ2v) is 8.07. The molecule has 32 heavy (non-hydrogen) atoms. The van der Waals surface area contributed by atoms with E-state index in [1.54, 1.807) is 0 Å². The van der Waals surface area contributed by atoms with Gasteiger partial charge in [-0.1, -0.05) is 12.1 Å². The van der Waals surface area contributed by atoms with Crippen molar-refractivity contribution in [1.29, 1.82) is 0 Å². The van der Waals surface area contributed by atoms with Crippen LogP contribution in [0, 0.1) is 0 Å². The number of nitrogens with one attached hydrogen (secondary N) is 1. The Kier molecular flexibility index (Phi) is 6.06. The van der Waals surface area contributed by atoms with Gasteiger partial charge in [0.25, 0.3) is 0 Å². The molecule has 1 fully saturated rings. The number of hydrogen-bond acceptors (Lipinski definition) is 6. The van der Waals surface area contributed by atoms with Crippen LogP contribution in [0.25, 0.3) is 5.65 Å². The third-order valence-electron chi connectivity index (χ3n) is 5.97. The Morgan fingerprint density at radius 2 is 1.94 bits per heavy atom. The van der Waals surface area contributed by atoms with E-state index in [0.717, 1.165) is 81.0 Å². The summed E-state index contributed by atoms with van der Waals surface area (Å²) in [7, 11) is 1.85. The lowest BCUT2D eigenvalue weighted by Crippen LogP contribution is -2.52. The molecule has 2 aliphatic heterocycles. The Labute approximate surface area is 187 Å². The zero-order valence-electron chi connectivity index (χ0n) is 18.4. The van der Waals surface area contributed by atoms with E-state index in [1.165, 1.54) is 5.56 Å². The molecule has 0 unspecified atom stereocenters. The van der Waals surface area contributed by atoms with Crippen molar-refractivity contribution in [2.45, 2.75) is 19.4 Å². The highest BCUT2D eigenvalue weighted by Gasteiger charge is 2.21. The highest BCUT2D eigenvalue weighted by molar-refractivity contribution is 5.80. The summed E-state index contributed by atoms with van der Waals surface area (Å²) in [5.74, 6) is 3.66. The van der Waals surface area contributed by atoms with E-state index in [-0.39, 0.29) is 0 Å². The molecule has 0 bridgehead atoms. The van der Waals surface area contributed by atoms with Gasteiger partial charge in [-0.25, -0.2) is 0 Å². The summed E-state index contributed by atoms with van der Waals surface area (Å²) in [5, 5.41) is 12.0. The van der Waals surface area contributed by atoms with Crippen molar-refractivity contribution in [3.8, 4) is 11.5 Å². The Morgan fingerprint density at radius 1 is 1.06 bits per heavy atom. The van der Waals surface area contributed by atoms with Crippen LogP contribution in [0.1, 0.15) is 17.8 Å². The molecule has 168 valence electrons. The van der Waals surface area contributed by atoms with Crippen molar-refractivity contribution in [1.82, 2.24) is 29.7 Å². The summed E-state index contributed by atoms with van der Waals surface area (Å²) in [6, 6.07) is 12.2. The number of hydrogen-bond donors (Lipinski definition) is 1. The number of nitrogens with zero attached hydrogens (tertiary/aromatic N) is 6. The standard InChI is InChI=1S/C23H29N7O2/c1-24-23(25-9-4-6-22-27-26-21-5-2-3-10-30(21)22)29-13-11-28(12-14-29)16-18-7-8-19-20(15-18)32-17-31-19/h2-3,5,7-8,10,15H,4,6,9,11-14,16-17H2,1H3,(H,24,25). The van der Waals surface area contributed by atoms with Gasteiger partial charge in [0.2, 0.25) is 6.79 Å². The molecule has 3 aromatic rings. The van der Waals surface area contributed by atoms with Gasteiger partial charge in [-0.05, 0) is 36.2 Å². The normalized spacial score (nSPS) is 16.7. The van der Waals surface area contributed by atoms with E-state index in [1.807, 2.05) is 41.9 Å². The van der Waals surface area contributed by atoms with Gasteiger partial charge in [-0.2, -0.15) is 0 Å². The predicted molar refractivity (Wildman–Crippen MR) is 122 cm³/mol. The Bertz CT molecular complexity index is 1090. The molecule has 1 aromatic carbocycles. The lowest BCUT2D eigenvalue weighted by molar-refractivity contribution is 0.171. The van der Waals surface area contributed by atoms with Gasteiger partial charge in [0.15, 0.2) is 23.1 Å². The van der Waals surface area contributed by atoms with Crippen LogP contribution >= 0.6 is 0 Å². The van der Waals surface area contributed by atoms with Crippen LogP contribution in [0.4, 0.5) is 0 Å². The van der Waals surface area contributed by atoms with E-state index < -0.39 is 0 Å². The zero-order chi connectivity index (χ0) is 21.8. The molecule has 9 nitrogen and oxygen atoms in total. The first kappa shape index (κ1) is 20.6.